The third-order valence-electron chi connectivity index (χ3n) is 0.748. The Bertz CT molecular complexity index is 146. The molecule has 1 atom stereocenters. The highest BCUT2D eigenvalue weighted by molar-refractivity contribution is 5.72. The fraction of sp³-hybridized carbons (Fsp3) is 0.667. The summed E-state index contributed by atoms with van der Waals surface area (Å²) in [5.41, 5.74) is 9.68. The lowest BCUT2D eigenvalue weighted by molar-refractivity contribution is -0.138. The number of carboxylic acids is 2. The van der Waals surface area contributed by atoms with Crippen LogP contribution in [0.4, 0.5) is 0 Å². The van der Waals surface area contributed by atoms with Crippen LogP contribution in [-0.4, -0.2) is 34.7 Å². The van der Waals surface area contributed by atoms with Gasteiger partial charge in [-0.25, -0.2) is 0 Å². The molecule has 0 rings (SSSR count). The van der Waals surface area contributed by atoms with Crippen molar-refractivity contribution < 1.29 is 19.8 Å². The molecule has 0 aromatic heterocycles. The molecule has 0 spiro atoms. The Morgan fingerprint density at radius 2 is 1.75 bits per heavy atom. The summed E-state index contributed by atoms with van der Waals surface area (Å²) in [5.74, 6) is -1.80. The first-order chi connectivity index (χ1) is 5.41. The molecule has 0 bridgehead atoms. The van der Waals surface area contributed by atoms with Crippen LogP contribution in [0.3, 0.4) is 0 Å². The summed E-state index contributed by atoms with van der Waals surface area (Å²) in [5, 5.41) is 15.7. The van der Waals surface area contributed by atoms with Crippen molar-refractivity contribution in [2.24, 2.45) is 11.5 Å². The topological polar surface area (TPSA) is 127 Å². The van der Waals surface area contributed by atoms with Gasteiger partial charge in [-0.15, -0.1) is 0 Å². The molecule has 0 unspecified atom stereocenters. The fourth-order valence-electron chi connectivity index (χ4n) is 0.123. The van der Waals surface area contributed by atoms with E-state index in [0.717, 1.165) is 0 Å². The van der Waals surface area contributed by atoms with E-state index in [9.17, 15) is 9.59 Å². The number of nitrogens with two attached hydrogens (primary N) is 2. The van der Waals surface area contributed by atoms with Gasteiger partial charge in [-0.1, -0.05) is 0 Å². The Kier molecular flexibility index (Phi) is 8.92. The highest BCUT2D eigenvalue weighted by Crippen LogP contribution is 1.68. The average Bonchev–Trinajstić information content (AvgIpc) is 1.87. The van der Waals surface area contributed by atoms with Gasteiger partial charge >= 0.3 is 11.9 Å². The van der Waals surface area contributed by atoms with E-state index >= 15 is 0 Å². The van der Waals surface area contributed by atoms with Crippen LogP contribution >= 0.6 is 0 Å². The fourth-order valence-corrected chi connectivity index (χ4v) is 0.123. The summed E-state index contributed by atoms with van der Waals surface area (Å²) in [4.78, 5) is 19.1. The van der Waals surface area contributed by atoms with Crippen molar-refractivity contribution >= 4 is 11.9 Å². The van der Waals surface area contributed by atoms with Gasteiger partial charge in [-0.05, 0) is 6.92 Å². The van der Waals surface area contributed by atoms with E-state index in [2.05, 4.69) is 0 Å². The smallest absolute Gasteiger partial charge is 0.320 e. The summed E-state index contributed by atoms with van der Waals surface area (Å²) < 4.78 is 0. The third kappa shape index (κ3) is 15.9. The first kappa shape index (κ1) is 13.4. The van der Waals surface area contributed by atoms with Gasteiger partial charge in [0.15, 0.2) is 0 Å². The third-order valence-corrected chi connectivity index (χ3v) is 0.748. The molecule has 0 saturated heterocycles. The van der Waals surface area contributed by atoms with E-state index in [1.165, 1.54) is 6.92 Å². The van der Waals surface area contributed by atoms with Crippen molar-refractivity contribution in [2.45, 2.75) is 19.4 Å². The number of hydrogen-bond acceptors (Lipinski definition) is 4. The van der Waals surface area contributed by atoms with Crippen molar-refractivity contribution in [3.8, 4) is 0 Å². The molecule has 0 saturated carbocycles. The van der Waals surface area contributed by atoms with E-state index < -0.39 is 18.0 Å². The molecule has 0 amide bonds. The van der Waals surface area contributed by atoms with Crippen LogP contribution in [0, 0.1) is 0 Å². The first-order valence-corrected chi connectivity index (χ1v) is 3.32. The average molecular weight is 178 g/mol. The molecule has 0 aliphatic carbocycles. The maximum Gasteiger partial charge on any atom is 0.320 e. The maximum absolute atomic E-state index is 9.57. The Morgan fingerprint density at radius 1 is 1.42 bits per heavy atom. The van der Waals surface area contributed by atoms with E-state index in [1.54, 1.807) is 0 Å². The van der Waals surface area contributed by atoms with Crippen LogP contribution in [0.5, 0.6) is 0 Å². The molecule has 0 radical (unpaired) electrons. The van der Waals surface area contributed by atoms with Crippen molar-refractivity contribution in [1.29, 1.82) is 0 Å². The normalized spacial score (nSPS) is 10.9. The zero-order chi connectivity index (χ0) is 10.1. The van der Waals surface area contributed by atoms with E-state index in [-0.39, 0.29) is 13.0 Å². The lowest BCUT2D eigenvalue weighted by atomic mass is 10.4. The molecule has 0 aliphatic heterocycles. The van der Waals surface area contributed by atoms with Gasteiger partial charge in [0.1, 0.15) is 6.04 Å². The molecule has 6 heteroatoms. The molecule has 6 nitrogen and oxygen atoms in total. The van der Waals surface area contributed by atoms with Gasteiger partial charge in [0.25, 0.3) is 0 Å². The monoisotopic (exact) mass is 178 g/mol. The highest BCUT2D eigenvalue weighted by atomic mass is 16.4. The number of rotatable bonds is 3. The molecule has 0 aromatic carbocycles. The van der Waals surface area contributed by atoms with Crippen molar-refractivity contribution in [3.63, 3.8) is 0 Å². The number of aliphatic carboxylic acids is 2. The Balaban J connectivity index is 0. The van der Waals surface area contributed by atoms with Gasteiger partial charge in [-0.2, -0.15) is 0 Å². The molecule has 12 heavy (non-hydrogen) atoms. The summed E-state index contributed by atoms with van der Waals surface area (Å²) >= 11 is 0. The summed E-state index contributed by atoms with van der Waals surface area (Å²) in [6.45, 7) is 1.65. The largest absolute Gasteiger partial charge is 0.481 e. The van der Waals surface area contributed by atoms with E-state index in [1.807, 2.05) is 0 Å². The van der Waals surface area contributed by atoms with Gasteiger partial charge < -0.3 is 21.7 Å². The molecule has 0 aromatic rings. The Morgan fingerprint density at radius 3 is 1.75 bits per heavy atom. The summed E-state index contributed by atoms with van der Waals surface area (Å²) in [6.07, 6.45) is 0.0694. The van der Waals surface area contributed by atoms with Crippen molar-refractivity contribution in [1.82, 2.24) is 0 Å². The maximum atomic E-state index is 9.57. The Labute approximate surface area is 70.2 Å². The van der Waals surface area contributed by atoms with Crippen LogP contribution in [-0.2, 0) is 9.59 Å². The van der Waals surface area contributed by atoms with Crippen molar-refractivity contribution in [2.75, 3.05) is 6.54 Å². The Hall–Kier alpha value is -1.14. The van der Waals surface area contributed by atoms with Gasteiger partial charge in [0, 0.05) is 6.54 Å². The lowest BCUT2D eigenvalue weighted by Crippen LogP contribution is -2.25. The highest BCUT2D eigenvalue weighted by Gasteiger charge is 1.99. The van der Waals surface area contributed by atoms with Crippen LogP contribution in [0.2, 0.25) is 0 Å². The SMILES string of the molecule is C[C@@H](N)C(=O)O.NCCC(=O)O. The minimum absolute atomic E-state index is 0.0694. The second kappa shape index (κ2) is 7.96. The number of carboxylic acid groups (broad SMARTS) is 2. The predicted molar refractivity (Wildman–Crippen MR) is 42.6 cm³/mol. The first-order valence-electron chi connectivity index (χ1n) is 3.32. The second-order valence-electron chi connectivity index (χ2n) is 2.06. The summed E-state index contributed by atoms with van der Waals surface area (Å²) in [6, 6.07) is -0.731. The summed E-state index contributed by atoms with van der Waals surface area (Å²) in [7, 11) is 0. The van der Waals surface area contributed by atoms with Gasteiger partial charge in [0.05, 0.1) is 6.42 Å². The minimum Gasteiger partial charge on any atom is -0.481 e. The van der Waals surface area contributed by atoms with Crippen molar-refractivity contribution in [3.05, 3.63) is 0 Å². The van der Waals surface area contributed by atoms with E-state index in [4.69, 9.17) is 21.7 Å². The van der Waals surface area contributed by atoms with Crippen LogP contribution in [0.1, 0.15) is 13.3 Å². The number of carbonyl (C=O) groups is 2. The quantitative estimate of drug-likeness (QED) is 0.431. The number of hydrogen-bond donors (Lipinski definition) is 4. The van der Waals surface area contributed by atoms with Gasteiger partial charge in [0.2, 0.25) is 0 Å². The van der Waals surface area contributed by atoms with Gasteiger partial charge in [-0.3, -0.25) is 9.59 Å². The minimum atomic E-state index is -0.963. The van der Waals surface area contributed by atoms with Crippen LogP contribution in [0.25, 0.3) is 0 Å². The zero-order valence-electron chi connectivity index (χ0n) is 6.86. The molecule has 6 N–H and O–H groups in total. The molecule has 0 heterocycles. The molecular formula is C6H14N2O4. The standard InChI is InChI=1S/2C3H7NO2/c1-2(4)3(5)6;4-2-1-3(5)6/h2H,4H2,1H3,(H,5,6);1-2,4H2,(H,5,6)/t2-;/m1./s1. The predicted octanol–water partition coefficient (Wildman–Crippen LogP) is -1.16. The molecule has 72 valence electrons. The molecular weight excluding hydrogens is 164 g/mol. The molecule has 0 fully saturated rings. The molecule has 0 aliphatic rings. The van der Waals surface area contributed by atoms with Crippen LogP contribution < -0.4 is 11.5 Å². The second-order valence-corrected chi connectivity index (χ2v) is 2.06. The van der Waals surface area contributed by atoms with E-state index in [0.29, 0.717) is 0 Å². The lowest BCUT2D eigenvalue weighted by Gasteiger charge is -1.90. The van der Waals surface area contributed by atoms with Crippen LogP contribution in [0.15, 0.2) is 0 Å². The zero-order valence-corrected chi connectivity index (χ0v) is 6.86.